The molecule has 0 spiro atoms. The van der Waals surface area contributed by atoms with Crippen LogP contribution in [-0.4, -0.2) is 28.3 Å². The monoisotopic (exact) mass is 225 g/mol. The molecule has 1 unspecified atom stereocenters. The molecule has 6 nitrogen and oxygen atoms in total. The van der Waals surface area contributed by atoms with E-state index in [1.807, 2.05) is 0 Å². The van der Waals surface area contributed by atoms with E-state index in [4.69, 9.17) is 4.74 Å². The summed E-state index contributed by atoms with van der Waals surface area (Å²) in [7, 11) is 0. The zero-order chi connectivity index (χ0) is 12.0. The summed E-state index contributed by atoms with van der Waals surface area (Å²) < 4.78 is 5.23. The second kappa shape index (κ2) is 6.02. The highest BCUT2D eigenvalue weighted by Crippen LogP contribution is 2.09. The molecule has 1 atom stereocenters. The molecule has 1 aliphatic heterocycles. The quantitative estimate of drug-likeness (QED) is 0.449. The lowest BCUT2D eigenvalue weighted by atomic mass is 10.1. The fourth-order valence-electron chi connectivity index (χ4n) is 1.33. The zero-order valence-electron chi connectivity index (χ0n) is 9.34. The van der Waals surface area contributed by atoms with Crippen molar-refractivity contribution in [1.29, 1.82) is 0 Å². The van der Waals surface area contributed by atoms with Crippen molar-refractivity contribution in [3.8, 4) is 0 Å². The van der Waals surface area contributed by atoms with Crippen LogP contribution >= 0.6 is 0 Å². The first kappa shape index (κ1) is 12.4. The third-order valence-electron chi connectivity index (χ3n) is 1.97. The van der Waals surface area contributed by atoms with Gasteiger partial charge in [-0.25, -0.2) is 0 Å². The summed E-state index contributed by atoms with van der Waals surface area (Å²) in [5, 5.41) is 15.5. The van der Waals surface area contributed by atoms with E-state index < -0.39 is 4.92 Å². The van der Waals surface area contributed by atoms with Gasteiger partial charge < -0.3 is 4.74 Å². The van der Waals surface area contributed by atoms with Crippen LogP contribution in [0.3, 0.4) is 0 Å². The van der Waals surface area contributed by atoms with E-state index >= 15 is 0 Å². The summed E-state index contributed by atoms with van der Waals surface area (Å²) in [5.74, 6) is 0.628. The average Bonchev–Trinajstić information content (AvgIpc) is 2.70. The van der Waals surface area contributed by atoms with Crippen LogP contribution in [-0.2, 0) is 4.74 Å². The number of nitrogens with zero attached hydrogens (tertiary/aromatic N) is 2. The van der Waals surface area contributed by atoms with Gasteiger partial charge in [0.15, 0.2) is 0 Å². The SMILES string of the molecule is CC1=CC(C)COC1.O=[N+]([O-])c1cn[nH]c1. The van der Waals surface area contributed by atoms with Crippen LogP contribution in [0.1, 0.15) is 13.8 Å². The largest absolute Gasteiger partial charge is 0.377 e. The van der Waals surface area contributed by atoms with Crippen molar-refractivity contribution < 1.29 is 9.66 Å². The van der Waals surface area contributed by atoms with E-state index in [0.29, 0.717) is 5.92 Å². The highest BCUT2D eigenvalue weighted by Gasteiger charge is 2.04. The van der Waals surface area contributed by atoms with Crippen molar-refractivity contribution in [2.75, 3.05) is 13.2 Å². The fourth-order valence-corrected chi connectivity index (χ4v) is 1.33. The first-order valence-electron chi connectivity index (χ1n) is 4.98. The van der Waals surface area contributed by atoms with Crippen molar-refractivity contribution in [2.24, 2.45) is 5.92 Å². The van der Waals surface area contributed by atoms with Gasteiger partial charge in [0.25, 0.3) is 0 Å². The van der Waals surface area contributed by atoms with Crippen LogP contribution in [0.5, 0.6) is 0 Å². The maximum absolute atomic E-state index is 9.81. The van der Waals surface area contributed by atoms with Gasteiger partial charge in [0.05, 0.1) is 24.3 Å². The van der Waals surface area contributed by atoms with Crippen molar-refractivity contribution in [3.05, 3.63) is 34.2 Å². The lowest BCUT2D eigenvalue weighted by molar-refractivity contribution is -0.384. The van der Waals surface area contributed by atoms with Gasteiger partial charge in [-0.05, 0) is 12.8 Å². The van der Waals surface area contributed by atoms with Crippen LogP contribution < -0.4 is 0 Å². The Labute approximate surface area is 93.5 Å². The maximum Gasteiger partial charge on any atom is 0.306 e. The van der Waals surface area contributed by atoms with E-state index in [0.717, 1.165) is 19.4 Å². The summed E-state index contributed by atoms with van der Waals surface area (Å²) >= 11 is 0. The Bertz CT molecular complexity index is 359. The third kappa shape index (κ3) is 4.22. The lowest BCUT2D eigenvalue weighted by Gasteiger charge is -2.15. The number of aromatic nitrogens is 2. The summed E-state index contributed by atoms with van der Waals surface area (Å²) in [6.45, 7) is 6.01. The van der Waals surface area contributed by atoms with Gasteiger partial charge in [-0.1, -0.05) is 18.6 Å². The van der Waals surface area contributed by atoms with Crippen LogP contribution in [0.25, 0.3) is 0 Å². The molecule has 1 aliphatic rings. The normalized spacial score (nSPS) is 19.4. The minimum absolute atomic E-state index is 0.00926. The molecule has 16 heavy (non-hydrogen) atoms. The number of rotatable bonds is 1. The third-order valence-corrected chi connectivity index (χ3v) is 1.97. The van der Waals surface area contributed by atoms with Gasteiger partial charge in [-0.15, -0.1) is 0 Å². The maximum atomic E-state index is 9.81. The molecule has 2 heterocycles. The van der Waals surface area contributed by atoms with Crippen LogP contribution in [0, 0.1) is 16.0 Å². The highest BCUT2D eigenvalue weighted by atomic mass is 16.6. The Morgan fingerprint density at radius 1 is 1.69 bits per heavy atom. The number of hydrogen-bond acceptors (Lipinski definition) is 4. The first-order valence-corrected chi connectivity index (χ1v) is 4.98. The zero-order valence-corrected chi connectivity index (χ0v) is 9.34. The summed E-state index contributed by atoms with van der Waals surface area (Å²) in [4.78, 5) is 9.30. The molecular weight excluding hydrogens is 210 g/mol. The number of ether oxygens (including phenoxy) is 1. The molecule has 6 heteroatoms. The molecule has 0 amide bonds. The molecule has 0 fully saturated rings. The summed E-state index contributed by atoms with van der Waals surface area (Å²) in [6.07, 6.45) is 4.64. The lowest BCUT2D eigenvalue weighted by Crippen LogP contribution is -2.11. The molecule has 2 rings (SSSR count). The molecule has 0 radical (unpaired) electrons. The van der Waals surface area contributed by atoms with Crippen LogP contribution in [0.4, 0.5) is 5.69 Å². The molecule has 1 aromatic rings. The van der Waals surface area contributed by atoms with Gasteiger partial charge in [0.1, 0.15) is 6.20 Å². The van der Waals surface area contributed by atoms with E-state index in [2.05, 4.69) is 30.1 Å². The average molecular weight is 225 g/mol. The number of nitrogens with one attached hydrogen (secondary N) is 1. The van der Waals surface area contributed by atoms with E-state index in [1.165, 1.54) is 11.8 Å². The van der Waals surface area contributed by atoms with Crippen molar-refractivity contribution in [1.82, 2.24) is 10.2 Å². The second-order valence-corrected chi connectivity index (χ2v) is 3.72. The molecular formula is C10H15N3O3. The Morgan fingerprint density at radius 3 is 2.75 bits per heavy atom. The molecule has 0 saturated carbocycles. The van der Waals surface area contributed by atoms with Crippen molar-refractivity contribution in [3.63, 3.8) is 0 Å². The molecule has 88 valence electrons. The molecule has 0 aromatic carbocycles. The van der Waals surface area contributed by atoms with Gasteiger partial charge in [-0.3, -0.25) is 15.2 Å². The Balaban J connectivity index is 0.000000160. The molecule has 0 saturated heterocycles. The highest BCUT2D eigenvalue weighted by molar-refractivity contribution is 5.19. The Kier molecular flexibility index (Phi) is 4.65. The molecule has 0 bridgehead atoms. The van der Waals surface area contributed by atoms with E-state index in [9.17, 15) is 10.1 Å². The van der Waals surface area contributed by atoms with E-state index in [-0.39, 0.29) is 5.69 Å². The van der Waals surface area contributed by atoms with Gasteiger partial charge in [-0.2, -0.15) is 5.10 Å². The van der Waals surface area contributed by atoms with Crippen molar-refractivity contribution >= 4 is 5.69 Å². The first-order chi connectivity index (χ1) is 7.59. The minimum atomic E-state index is -0.510. The smallest absolute Gasteiger partial charge is 0.306 e. The van der Waals surface area contributed by atoms with Crippen LogP contribution in [0.2, 0.25) is 0 Å². The Morgan fingerprint density at radius 2 is 2.44 bits per heavy atom. The van der Waals surface area contributed by atoms with E-state index in [1.54, 1.807) is 0 Å². The van der Waals surface area contributed by atoms with Gasteiger partial charge in [0.2, 0.25) is 0 Å². The summed E-state index contributed by atoms with van der Waals surface area (Å²) in [6, 6.07) is 0. The predicted molar refractivity (Wildman–Crippen MR) is 59.0 cm³/mol. The summed E-state index contributed by atoms with van der Waals surface area (Å²) in [5.41, 5.74) is 1.36. The molecule has 1 aromatic heterocycles. The molecule has 1 N–H and O–H groups in total. The standard InChI is InChI=1S/C7H12O.C3H3N3O2/c1-6-3-7(2)5-8-4-6;7-6(8)3-1-4-5-2-3/h3,6H,4-5H2,1-2H3;1-2H,(H,4,5). The van der Waals surface area contributed by atoms with Gasteiger partial charge >= 0.3 is 5.69 Å². The number of nitro groups is 1. The number of H-pyrrole nitrogens is 1. The Hall–Kier alpha value is -1.69. The number of aromatic amines is 1. The van der Waals surface area contributed by atoms with Crippen molar-refractivity contribution in [2.45, 2.75) is 13.8 Å². The number of hydrogen-bond donors (Lipinski definition) is 1. The minimum Gasteiger partial charge on any atom is -0.377 e. The van der Waals surface area contributed by atoms with Crippen LogP contribution in [0.15, 0.2) is 24.0 Å². The van der Waals surface area contributed by atoms with Gasteiger partial charge in [0, 0.05) is 0 Å². The molecule has 0 aliphatic carbocycles. The second-order valence-electron chi connectivity index (χ2n) is 3.72. The fraction of sp³-hybridized carbons (Fsp3) is 0.500. The predicted octanol–water partition coefficient (Wildman–Crippen LogP) is 1.92. The topological polar surface area (TPSA) is 81.1 Å².